The largest absolute Gasteiger partial charge is 0.377 e. The van der Waals surface area contributed by atoms with Crippen molar-refractivity contribution in [1.29, 1.82) is 0 Å². The van der Waals surface area contributed by atoms with Crippen LogP contribution in [0.5, 0.6) is 0 Å². The Morgan fingerprint density at radius 3 is 2.95 bits per heavy atom. The number of fused-ring (bicyclic) bond motifs is 1. The molecule has 3 heteroatoms. The lowest BCUT2D eigenvalue weighted by Gasteiger charge is -2.22. The summed E-state index contributed by atoms with van der Waals surface area (Å²) in [6.45, 7) is 3.90. The average molecular weight is 288 g/mol. The first kappa shape index (κ1) is 14.9. The van der Waals surface area contributed by atoms with Crippen LogP contribution in [-0.4, -0.2) is 32.8 Å². The van der Waals surface area contributed by atoms with Crippen molar-refractivity contribution in [3.8, 4) is 0 Å². The predicted molar refractivity (Wildman–Crippen MR) is 87.9 cm³/mol. The van der Waals surface area contributed by atoms with E-state index in [1.807, 2.05) is 0 Å². The Kier molecular flexibility index (Phi) is 5.15. The molecule has 3 rings (SSSR count). The molecule has 0 radical (unpaired) electrons. The summed E-state index contributed by atoms with van der Waals surface area (Å²) in [5, 5.41) is 3.51. The fourth-order valence-corrected chi connectivity index (χ4v) is 3.49. The maximum absolute atomic E-state index is 5.94. The zero-order valence-corrected chi connectivity index (χ0v) is 13.2. The van der Waals surface area contributed by atoms with Crippen molar-refractivity contribution >= 4 is 5.69 Å². The van der Waals surface area contributed by atoms with Crippen LogP contribution in [0.2, 0.25) is 0 Å². The Bertz CT molecular complexity index is 455. The van der Waals surface area contributed by atoms with Gasteiger partial charge in [-0.1, -0.05) is 31.4 Å². The summed E-state index contributed by atoms with van der Waals surface area (Å²) < 4.78 is 5.94. The SMILES string of the molecule is CN1CCc2cc(CNCCOC3CCCCC3)ccc21. The fourth-order valence-electron chi connectivity index (χ4n) is 3.49. The molecule has 1 heterocycles. The molecule has 0 atom stereocenters. The van der Waals surface area contributed by atoms with Crippen molar-refractivity contribution in [2.45, 2.75) is 51.2 Å². The van der Waals surface area contributed by atoms with E-state index in [1.54, 1.807) is 0 Å². The van der Waals surface area contributed by atoms with Crippen molar-refractivity contribution in [2.24, 2.45) is 0 Å². The minimum atomic E-state index is 0.524. The van der Waals surface area contributed by atoms with Gasteiger partial charge >= 0.3 is 0 Å². The van der Waals surface area contributed by atoms with E-state index < -0.39 is 0 Å². The van der Waals surface area contributed by atoms with Gasteiger partial charge in [-0.15, -0.1) is 0 Å². The minimum absolute atomic E-state index is 0.524. The van der Waals surface area contributed by atoms with Crippen molar-refractivity contribution in [3.63, 3.8) is 0 Å². The Morgan fingerprint density at radius 2 is 2.10 bits per heavy atom. The molecule has 21 heavy (non-hydrogen) atoms. The normalized spacial score (nSPS) is 19.0. The van der Waals surface area contributed by atoms with E-state index in [0.717, 1.165) is 26.2 Å². The number of benzene rings is 1. The molecule has 0 amide bonds. The van der Waals surface area contributed by atoms with Crippen molar-refractivity contribution < 1.29 is 4.74 Å². The van der Waals surface area contributed by atoms with E-state index in [9.17, 15) is 0 Å². The number of hydrogen-bond acceptors (Lipinski definition) is 3. The Morgan fingerprint density at radius 1 is 1.24 bits per heavy atom. The van der Waals surface area contributed by atoms with Gasteiger partial charge in [0, 0.05) is 32.4 Å². The maximum Gasteiger partial charge on any atom is 0.0594 e. The molecule has 1 aromatic rings. The number of nitrogens with one attached hydrogen (secondary N) is 1. The predicted octanol–water partition coefficient (Wildman–Crippen LogP) is 3.12. The maximum atomic E-state index is 5.94. The van der Waals surface area contributed by atoms with E-state index in [2.05, 4.69) is 35.5 Å². The highest BCUT2D eigenvalue weighted by Gasteiger charge is 2.15. The third kappa shape index (κ3) is 3.98. The van der Waals surface area contributed by atoms with E-state index in [-0.39, 0.29) is 0 Å². The highest BCUT2D eigenvalue weighted by Crippen LogP contribution is 2.27. The lowest BCUT2D eigenvalue weighted by Crippen LogP contribution is -2.24. The second kappa shape index (κ2) is 7.28. The van der Waals surface area contributed by atoms with Gasteiger partial charge in [0.15, 0.2) is 0 Å². The van der Waals surface area contributed by atoms with Crippen LogP contribution >= 0.6 is 0 Å². The van der Waals surface area contributed by atoms with Crippen molar-refractivity contribution in [3.05, 3.63) is 29.3 Å². The second-order valence-corrected chi connectivity index (χ2v) is 6.44. The van der Waals surface area contributed by atoms with Crippen LogP contribution in [0.25, 0.3) is 0 Å². The summed E-state index contributed by atoms with van der Waals surface area (Å²) in [6, 6.07) is 6.86. The third-order valence-electron chi connectivity index (χ3n) is 4.79. The topological polar surface area (TPSA) is 24.5 Å². The summed E-state index contributed by atoms with van der Waals surface area (Å²) in [5.41, 5.74) is 4.29. The van der Waals surface area contributed by atoms with Gasteiger partial charge in [0.1, 0.15) is 0 Å². The highest BCUT2D eigenvalue weighted by atomic mass is 16.5. The second-order valence-electron chi connectivity index (χ2n) is 6.44. The van der Waals surface area contributed by atoms with Gasteiger partial charge in [-0.25, -0.2) is 0 Å². The summed E-state index contributed by atoms with van der Waals surface area (Å²) in [7, 11) is 2.17. The molecule has 1 aliphatic carbocycles. The first-order chi connectivity index (χ1) is 10.3. The summed E-state index contributed by atoms with van der Waals surface area (Å²) in [4.78, 5) is 2.34. The molecule has 0 unspecified atom stereocenters. The molecular weight excluding hydrogens is 260 g/mol. The highest BCUT2D eigenvalue weighted by molar-refractivity contribution is 5.58. The molecule has 1 aliphatic heterocycles. The van der Waals surface area contributed by atoms with Crippen molar-refractivity contribution in [1.82, 2.24) is 5.32 Å². The van der Waals surface area contributed by atoms with Gasteiger partial charge in [-0.05, 0) is 36.5 Å². The Labute approximate surface area is 128 Å². The zero-order valence-electron chi connectivity index (χ0n) is 13.2. The van der Waals surface area contributed by atoms with Crippen LogP contribution in [0.1, 0.15) is 43.2 Å². The first-order valence-corrected chi connectivity index (χ1v) is 8.48. The molecule has 1 aromatic carbocycles. The van der Waals surface area contributed by atoms with Crippen LogP contribution in [0.15, 0.2) is 18.2 Å². The van der Waals surface area contributed by atoms with Crippen LogP contribution in [0.4, 0.5) is 5.69 Å². The molecule has 0 spiro atoms. The molecule has 0 bridgehead atoms. The minimum Gasteiger partial charge on any atom is -0.377 e. The average Bonchev–Trinajstić information content (AvgIpc) is 2.89. The van der Waals surface area contributed by atoms with Gasteiger partial charge in [0.2, 0.25) is 0 Å². The molecule has 2 aliphatic rings. The first-order valence-electron chi connectivity index (χ1n) is 8.48. The van der Waals surface area contributed by atoms with Crippen LogP contribution < -0.4 is 10.2 Å². The number of anilines is 1. The number of nitrogens with zero attached hydrogens (tertiary/aromatic N) is 1. The van der Waals surface area contributed by atoms with E-state index in [1.165, 1.54) is 55.3 Å². The smallest absolute Gasteiger partial charge is 0.0594 e. The van der Waals surface area contributed by atoms with E-state index in [0.29, 0.717) is 6.10 Å². The van der Waals surface area contributed by atoms with E-state index in [4.69, 9.17) is 4.74 Å². The molecule has 0 saturated heterocycles. The van der Waals surface area contributed by atoms with Gasteiger partial charge in [0.05, 0.1) is 12.7 Å². The van der Waals surface area contributed by atoms with Crippen LogP contribution in [-0.2, 0) is 17.7 Å². The molecule has 1 fully saturated rings. The molecule has 116 valence electrons. The summed E-state index contributed by atoms with van der Waals surface area (Å²) in [5.74, 6) is 0. The van der Waals surface area contributed by atoms with Crippen molar-refractivity contribution in [2.75, 3.05) is 31.6 Å². The number of rotatable bonds is 6. The number of ether oxygens (including phenoxy) is 1. The molecule has 1 saturated carbocycles. The molecular formula is C18H28N2O. The number of likely N-dealkylation sites (N-methyl/N-ethyl adjacent to an activating group) is 1. The Hall–Kier alpha value is -1.06. The quantitative estimate of drug-likeness (QED) is 0.814. The van der Waals surface area contributed by atoms with E-state index >= 15 is 0 Å². The van der Waals surface area contributed by atoms with Crippen LogP contribution in [0, 0.1) is 0 Å². The summed E-state index contributed by atoms with van der Waals surface area (Å²) in [6.07, 6.45) is 8.33. The van der Waals surface area contributed by atoms with Gasteiger partial charge in [0.25, 0.3) is 0 Å². The lowest BCUT2D eigenvalue weighted by molar-refractivity contribution is 0.0302. The van der Waals surface area contributed by atoms with Gasteiger partial charge in [-0.2, -0.15) is 0 Å². The monoisotopic (exact) mass is 288 g/mol. The lowest BCUT2D eigenvalue weighted by atomic mass is 9.98. The molecule has 1 N–H and O–H groups in total. The third-order valence-corrected chi connectivity index (χ3v) is 4.79. The van der Waals surface area contributed by atoms with Gasteiger partial charge in [-0.3, -0.25) is 0 Å². The standard InChI is InChI=1S/C18H28N2O/c1-20-11-9-16-13-15(7-8-18(16)20)14-19-10-12-21-17-5-3-2-4-6-17/h7-8,13,17,19H,2-6,9-12,14H2,1H3. The molecule has 3 nitrogen and oxygen atoms in total. The fraction of sp³-hybridized carbons (Fsp3) is 0.667. The zero-order chi connectivity index (χ0) is 14.5. The van der Waals surface area contributed by atoms with Crippen LogP contribution in [0.3, 0.4) is 0 Å². The molecule has 0 aromatic heterocycles. The number of hydrogen-bond donors (Lipinski definition) is 1. The Balaban J connectivity index is 1.36. The summed E-state index contributed by atoms with van der Waals surface area (Å²) >= 11 is 0. The van der Waals surface area contributed by atoms with Gasteiger partial charge < -0.3 is 15.0 Å².